The van der Waals surface area contributed by atoms with Gasteiger partial charge >= 0.3 is 5.97 Å². The van der Waals surface area contributed by atoms with Crippen LogP contribution in [0.4, 0.5) is 0 Å². The predicted molar refractivity (Wildman–Crippen MR) is 84.7 cm³/mol. The van der Waals surface area contributed by atoms with Crippen LogP contribution in [0.5, 0.6) is 11.5 Å². The Morgan fingerprint density at radius 1 is 1.09 bits per heavy atom. The zero-order valence-electron chi connectivity index (χ0n) is 13.6. The second-order valence-electron chi connectivity index (χ2n) is 4.68. The number of hydrogen-bond acceptors (Lipinski definition) is 6. The molecule has 1 heterocycles. The lowest BCUT2D eigenvalue weighted by Crippen LogP contribution is -2.07. The monoisotopic (exact) mass is 319 g/mol. The van der Waals surface area contributed by atoms with Crippen LogP contribution in [0.3, 0.4) is 0 Å². The van der Waals surface area contributed by atoms with E-state index in [4.69, 9.17) is 14.2 Å². The van der Waals surface area contributed by atoms with Gasteiger partial charge in [-0.15, -0.1) is 5.10 Å². The molecular formula is C16H21N3O4. The summed E-state index contributed by atoms with van der Waals surface area (Å²) in [5, 5.41) is 10.4. The van der Waals surface area contributed by atoms with Crippen molar-refractivity contribution >= 4 is 5.97 Å². The topological polar surface area (TPSA) is 86.3 Å². The SMILES string of the molecule is CCCOc1ccc(-c2n[nH]nc2C(=O)OCC)cc1OCC. The minimum absolute atomic E-state index is 0.150. The largest absolute Gasteiger partial charge is 0.490 e. The van der Waals surface area contributed by atoms with Crippen molar-refractivity contribution in [2.75, 3.05) is 19.8 Å². The molecule has 0 atom stereocenters. The number of H-pyrrole nitrogens is 1. The van der Waals surface area contributed by atoms with Crippen LogP contribution in [0.2, 0.25) is 0 Å². The van der Waals surface area contributed by atoms with Crippen molar-refractivity contribution in [3.8, 4) is 22.8 Å². The lowest BCUT2D eigenvalue weighted by Gasteiger charge is -2.12. The number of nitrogens with one attached hydrogen (secondary N) is 1. The molecule has 0 spiro atoms. The molecule has 0 amide bonds. The molecule has 0 bridgehead atoms. The highest BCUT2D eigenvalue weighted by Gasteiger charge is 2.20. The lowest BCUT2D eigenvalue weighted by molar-refractivity contribution is 0.0520. The van der Waals surface area contributed by atoms with Crippen molar-refractivity contribution in [1.82, 2.24) is 15.4 Å². The number of aromatic amines is 1. The molecular weight excluding hydrogens is 298 g/mol. The normalized spacial score (nSPS) is 10.4. The van der Waals surface area contributed by atoms with Crippen molar-refractivity contribution < 1.29 is 19.0 Å². The fourth-order valence-electron chi connectivity index (χ4n) is 2.03. The number of nitrogens with zero attached hydrogens (tertiary/aromatic N) is 2. The molecule has 1 N–H and O–H groups in total. The number of hydrogen-bond donors (Lipinski definition) is 1. The summed E-state index contributed by atoms with van der Waals surface area (Å²) >= 11 is 0. The Bertz CT molecular complexity index is 655. The average molecular weight is 319 g/mol. The van der Waals surface area contributed by atoms with Crippen LogP contribution in [-0.2, 0) is 4.74 Å². The van der Waals surface area contributed by atoms with E-state index in [0.717, 1.165) is 6.42 Å². The molecule has 0 aliphatic carbocycles. The maximum atomic E-state index is 11.9. The zero-order valence-corrected chi connectivity index (χ0v) is 13.6. The van der Waals surface area contributed by atoms with Crippen molar-refractivity contribution in [3.05, 3.63) is 23.9 Å². The number of aromatic nitrogens is 3. The quantitative estimate of drug-likeness (QED) is 0.753. The third kappa shape index (κ3) is 4.00. The Balaban J connectivity index is 2.35. The lowest BCUT2D eigenvalue weighted by atomic mass is 10.1. The highest BCUT2D eigenvalue weighted by atomic mass is 16.5. The van der Waals surface area contributed by atoms with Crippen LogP contribution < -0.4 is 9.47 Å². The van der Waals surface area contributed by atoms with E-state index >= 15 is 0 Å². The summed E-state index contributed by atoms with van der Waals surface area (Å²) in [6, 6.07) is 5.41. The molecule has 1 aromatic carbocycles. The number of rotatable bonds is 8. The van der Waals surface area contributed by atoms with Gasteiger partial charge in [-0.1, -0.05) is 6.92 Å². The van der Waals surface area contributed by atoms with E-state index in [-0.39, 0.29) is 12.3 Å². The Labute approximate surface area is 134 Å². The van der Waals surface area contributed by atoms with Gasteiger partial charge in [0.25, 0.3) is 0 Å². The van der Waals surface area contributed by atoms with E-state index in [2.05, 4.69) is 15.4 Å². The van der Waals surface area contributed by atoms with Crippen LogP contribution in [0, 0.1) is 0 Å². The first-order valence-corrected chi connectivity index (χ1v) is 7.69. The molecule has 0 saturated carbocycles. The van der Waals surface area contributed by atoms with Crippen molar-refractivity contribution in [3.63, 3.8) is 0 Å². The smallest absolute Gasteiger partial charge is 0.361 e. The van der Waals surface area contributed by atoms with E-state index in [1.54, 1.807) is 19.1 Å². The number of ether oxygens (including phenoxy) is 3. The molecule has 7 nitrogen and oxygen atoms in total. The molecule has 0 aliphatic rings. The highest BCUT2D eigenvalue weighted by Crippen LogP contribution is 2.33. The first kappa shape index (κ1) is 16.8. The third-order valence-electron chi connectivity index (χ3n) is 3.00. The molecule has 0 unspecified atom stereocenters. The average Bonchev–Trinajstić information content (AvgIpc) is 3.04. The van der Waals surface area contributed by atoms with E-state index < -0.39 is 5.97 Å². The number of carbonyl (C=O) groups excluding carboxylic acids is 1. The van der Waals surface area contributed by atoms with Gasteiger partial charge in [-0.3, -0.25) is 0 Å². The van der Waals surface area contributed by atoms with Crippen molar-refractivity contribution in [2.24, 2.45) is 0 Å². The first-order chi connectivity index (χ1) is 11.2. The molecule has 0 radical (unpaired) electrons. The van der Waals surface area contributed by atoms with Crippen LogP contribution in [-0.4, -0.2) is 41.2 Å². The summed E-state index contributed by atoms with van der Waals surface area (Å²) in [6.45, 7) is 7.07. The Morgan fingerprint density at radius 2 is 1.91 bits per heavy atom. The summed E-state index contributed by atoms with van der Waals surface area (Å²) in [5.41, 5.74) is 1.28. The maximum absolute atomic E-state index is 11.9. The third-order valence-corrected chi connectivity index (χ3v) is 3.00. The van der Waals surface area contributed by atoms with Crippen LogP contribution >= 0.6 is 0 Å². The number of benzene rings is 1. The van der Waals surface area contributed by atoms with Gasteiger partial charge < -0.3 is 14.2 Å². The van der Waals surface area contributed by atoms with E-state index in [1.807, 2.05) is 19.9 Å². The zero-order chi connectivity index (χ0) is 16.7. The summed E-state index contributed by atoms with van der Waals surface area (Å²) < 4.78 is 16.3. The van der Waals surface area contributed by atoms with E-state index in [9.17, 15) is 4.79 Å². The fraction of sp³-hybridized carbons (Fsp3) is 0.438. The second kappa shape index (κ2) is 8.17. The van der Waals surface area contributed by atoms with E-state index in [1.165, 1.54) is 0 Å². The molecule has 7 heteroatoms. The Kier molecular flexibility index (Phi) is 5.96. The Morgan fingerprint density at radius 3 is 2.61 bits per heavy atom. The van der Waals surface area contributed by atoms with Gasteiger partial charge in [-0.25, -0.2) is 4.79 Å². The van der Waals surface area contributed by atoms with E-state index in [0.29, 0.717) is 36.0 Å². The minimum atomic E-state index is -0.513. The van der Waals surface area contributed by atoms with Crippen molar-refractivity contribution in [2.45, 2.75) is 27.2 Å². The van der Waals surface area contributed by atoms with Gasteiger partial charge in [0.05, 0.1) is 19.8 Å². The fourth-order valence-corrected chi connectivity index (χ4v) is 2.03. The summed E-state index contributed by atoms with van der Waals surface area (Å²) in [5.74, 6) is 0.760. The minimum Gasteiger partial charge on any atom is -0.490 e. The molecule has 124 valence electrons. The Hall–Kier alpha value is -2.57. The van der Waals surface area contributed by atoms with Gasteiger partial charge in [-0.05, 0) is 38.5 Å². The summed E-state index contributed by atoms with van der Waals surface area (Å²) in [6.07, 6.45) is 0.906. The second-order valence-corrected chi connectivity index (χ2v) is 4.68. The predicted octanol–water partition coefficient (Wildman–Crippen LogP) is 2.84. The van der Waals surface area contributed by atoms with Crippen LogP contribution in [0.1, 0.15) is 37.7 Å². The van der Waals surface area contributed by atoms with Crippen LogP contribution in [0.25, 0.3) is 11.3 Å². The highest BCUT2D eigenvalue weighted by molar-refractivity contribution is 5.94. The van der Waals surface area contributed by atoms with Crippen LogP contribution in [0.15, 0.2) is 18.2 Å². The summed E-state index contributed by atoms with van der Waals surface area (Å²) in [7, 11) is 0. The molecule has 1 aromatic heterocycles. The molecule has 2 rings (SSSR count). The number of carbonyl (C=O) groups is 1. The molecule has 0 fully saturated rings. The standard InChI is InChI=1S/C16H21N3O4/c1-4-9-23-12-8-7-11(10-13(12)21-5-2)14-15(18-19-17-14)16(20)22-6-3/h7-8,10H,4-6,9H2,1-3H3,(H,17,18,19). The van der Waals surface area contributed by atoms with Gasteiger partial charge in [0.1, 0.15) is 5.69 Å². The molecule has 0 aliphatic heterocycles. The summed E-state index contributed by atoms with van der Waals surface area (Å²) in [4.78, 5) is 11.9. The van der Waals surface area contributed by atoms with Gasteiger partial charge in [0, 0.05) is 5.56 Å². The molecule has 2 aromatic rings. The van der Waals surface area contributed by atoms with Gasteiger partial charge in [0.15, 0.2) is 17.2 Å². The maximum Gasteiger partial charge on any atom is 0.361 e. The van der Waals surface area contributed by atoms with Gasteiger partial charge in [0.2, 0.25) is 0 Å². The molecule has 0 saturated heterocycles. The number of esters is 1. The van der Waals surface area contributed by atoms with Crippen molar-refractivity contribution in [1.29, 1.82) is 0 Å². The first-order valence-electron chi connectivity index (χ1n) is 7.69. The molecule has 23 heavy (non-hydrogen) atoms. The van der Waals surface area contributed by atoms with Gasteiger partial charge in [-0.2, -0.15) is 10.3 Å².